The number of fused-ring (bicyclic) bond motifs is 1. The number of amides is 1. The van der Waals surface area contributed by atoms with Crippen molar-refractivity contribution in [2.75, 3.05) is 52.5 Å². The summed E-state index contributed by atoms with van der Waals surface area (Å²) in [6.07, 6.45) is 10.2. The van der Waals surface area contributed by atoms with E-state index in [9.17, 15) is 13.2 Å². The van der Waals surface area contributed by atoms with Crippen molar-refractivity contribution >= 4 is 15.9 Å². The largest absolute Gasteiger partial charge is 0.486 e. The Morgan fingerprint density at radius 3 is 2.47 bits per heavy atom. The Morgan fingerprint density at radius 1 is 1.11 bits per heavy atom. The first-order valence-corrected chi connectivity index (χ1v) is 13.5. The molecule has 0 saturated carbocycles. The molecule has 1 saturated heterocycles. The second-order valence-electron chi connectivity index (χ2n) is 9.82. The highest BCUT2D eigenvalue weighted by atomic mass is 32.2. The number of halogens is 1. The van der Waals surface area contributed by atoms with E-state index >= 15 is 4.39 Å². The minimum atomic E-state index is -3.74. The monoisotopic (exact) mass is 512 g/mol. The lowest BCUT2D eigenvalue weighted by molar-refractivity contribution is -0.134. The van der Waals surface area contributed by atoms with Crippen molar-refractivity contribution in [2.45, 2.75) is 17.0 Å². The summed E-state index contributed by atoms with van der Waals surface area (Å²) in [5.74, 6) is 0.246. The van der Waals surface area contributed by atoms with Crippen molar-refractivity contribution in [3.63, 3.8) is 0 Å². The maximum atomic E-state index is 15.0. The number of hydrogen-bond acceptors (Lipinski definition) is 6. The van der Waals surface area contributed by atoms with Crippen LogP contribution in [0, 0.1) is 12.0 Å². The number of benzene rings is 1. The molecule has 36 heavy (non-hydrogen) atoms. The number of nitrogens with one attached hydrogen (secondary N) is 1. The van der Waals surface area contributed by atoms with E-state index in [2.05, 4.69) is 11.4 Å². The number of carbonyl (C=O) groups excluding carboxylic acids is 1. The minimum Gasteiger partial charge on any atom is -0.486 e. The van der Waals surface area contributed by atoms with Crippen LogP contribution < -0.4 is 14.8 Å². The van der Waals surface area contributed by atoms with Crippen molar-refractivity contribution in [1.29, 1.82) is 0 Å². The molecule has 1 fully saturated rings. The van der Waals surface area contributed by atoms with E-state index in [1.54, 1.807) is 23.1 Å². The molecule has 8 nitrogen and oxygen atoms in total. The molecule has 0 aromatic heterocycles. The number of sulfonamides is 1. The lowest BCUT2D eigenvalue weighted by Crippen LogP contribution is -2.58. The summed E-state index contributed by atoms with van der Waals surface area (Å²) in [5, 5.41) is 2.96. The Morgan fingerprint density at radius 2 is 1.83 bits per heavy atom. The average molecular weight is 513 g/mol. The molecule has 5 aliphatic rings. The fourth-order valence-corrected chi connectivity index (χ4v) is 6.76. The summed E-state index contributed by atoms with van der Waals surface area (Å²) >= 11 is 0. The van der Waals surface area contributed by atoms with Gasteiger partial charge in [-0.15, -0.1) is 0 Å². The maximum Gasteiger partial charge on any atom is 0.243 e. The van der Waals surface area contributed by atoms with Gasteiger partial charge in [-0.3, -0.25) is 4.79 Å². The van der Waals surface area contributed by atoms with Crippen LogP contribution in [0.5, 0.6) is 11.5 Å². The molecule has 6 rings (SSSR count). The van der Waals surface area contributed by atoms with Gasteiger partial charge in [-0.1, -0.05) is 0 Å². The van der Waals surface area contributed by atoms with Gasteiger partial charge < -0.3 is 19.7 Å². The molecule has 0 bridgehead atoms. The molecule has 1 aliphatic carbocycles. The predicted molar refractivity (Wildman–Crippen MR) is 130 cm³/mol. The number of carbonyl (C=O) groups is 1. The minimum absolute atomic E-state index is 0.120. The molecule has 0 unspecified atom stereocenters. The van der Waals surface area contributed by atoms with Crippen molar-refractivity contribution in [1.82, 2.24) is 14.5 Å². The third kappa shape index (κ3) is 4.14. The molecular formula is C26H27FN3O5S+. The van der Waals surface area contributed by atoms with Crippen molar-refractivity contribution < 1.29 is 27.1 Å². The zero-order chi connectivity index (χ0) is 24.9. The Kier molecular flexibility index (Phi) is 5.72. The highest BCUT2D eigenvalue weighted by Gasteiger charge is 2.45. The Balaban J connectivity index is 1.15. The topological polar surface area (TPSA) is 88.2 Å². The zero-order valence-corrected chi connectivity index (χ0v) is 20.5. The highest BCUT2D eigenvalue weighted by molar-refractivity contribution is 7.89. The Labute approximate surface area is 209 Å². The first kappa shape index (κ1) is 23.4. The van der Waals surface area contributed by atoms with E-state index in [0.717, 1.165) is 16.7 Å². The number of rotatable bonds is 6. The third-order valence-electron chi connectivity index (χ3n) is 7.36. The van der Waals surface area contributed by atoms with Crippen molar-refractivity contribution in [3.8, 4) is 11.5 Å². The number of nitrogens with zero attached hydrogens (tertiary/aromatic N) is 2. The highest BCUT2D eigenvalue weighted by Crippen LogP contribution is 2.37. The smallest absolute Gasteiger partial charge is 0.243 e. The van der Waals surface area contributed by atoms with Gasteiger partial charge in [0, 0.05) is 57.8 Å². The van der Waals surface area contributed by atoms with Crippen LogP contribution in [0.4, 0.5) is 4.39 Å². The molecule has 4 aliphatic heterocycles. The zero-order valence-electron chi connectivity index (χ0n) is 19.7. The SMILES string of the molecule is O=C([C@@H](CC1(F)CNC1)C1=CC=[C+]C=C1)N1CC2=C(C1)CN(S(=O)(=O)c1ccc3c(c1)OCCO3)C2. The van der Waals surface area contributed by atoms with E-state index < -0.39 is 21.6 Å². The predicted octanol–water partition coefficient (Wildman–Crippen LogP) is 1.77. The number of allylic oxidation sites excluding steroid dienone is 5. The molecule has 1 atom stereocenters. The standard InChI is InChI=1S/C26H27FN3O5S/c27-26(16-28-17-26)11-22(18-4-2-1-3-5-18)25(31)29-12-19-14-30(15-20(19)13-29)36(32,33)21-6-7-23-24(10-21)35-9-8-34-23/h2-7,10,22,28H,8-9,11-17H2/q+1/t22-/m0/s1. The second-order valence-corrected chi connectivity index (χ2v) is 11.8. The molecule has 0 radical (unpaired) electrons. The van der Waals surface area contributed by atoms with Gasteiger partial charge in [0.1, 0.15) is 31.0 Å². The fraction of sp³-hybridized carbons (Fsp3) is 0.423. The van der Waals surface area contributed by atoms with Crippen LogP contribution in [0.15, 0.2) is 64.1 Å². The van der Waals surface area contributed by atoms with Crippen molar-refractivity contribution in [2.24, 2.45) is 5.92 Å². The van der Waals surface area contributed by atoms with E-state index in [1.807, 2.05) is 12.2 Å². The molecule has 10 heteroatoms. The van der Waals surface area contributed by atoms with Gasteiger partial charge in [0.05, 0.1) is 28.5 Å². The van der Waals surface area contributed by atoms with Crippen LogP contribution in [-0.2, 0) is 14.8 Å². The van der Waals surface area contributed by atoms with Crippen molar-refractivity contribution in [3.05, 3.63) is 65.3 Å². The number of ether oxygens (including phenoxy) is 2. The molecule has 1 N–H and O–H groups in total. The summed E-state index contributed by atoms with van der Waals surface area (Å²) in [4.78, 5) is 15.5. The lowest BCUT2D eigenvalue weighted by atomic mass is 9.81. The van der Waals surface area contributed by atoms with Crippen LogP contribution in [0.3, 0.4) is 0 Å². The van der Waals surface area contributed by atoms with Crippen LogP contribution >= 0.6 is 0 Å². The summed E-state index contributed by atoms with van der Waals surface area (Å²) in [5.41, 5.74) is 1.25. The second kappa shape index (κ2) is 8.81. The third-order valence-corrected chi connectivity index (χ3v) is 9.15. The van der Waals surface area contributed by atoms with Crippen LogP contribution in [0.25, 0.3) is 0 Å². The normalized spacial score (nSPS) is 23.1. The summed E-state index contributed by atoms with van der Waals surface area (Å²) in [7, 11) is -3.74. The quantitative estimate of drug-likeness (QED) is 0.462. The van der Waals surface area contributed by atoms with Gasteiger partial charge in [-0.2, -0.15) is 4.31 Å². The molecule has 1 aromatic carbocycles. The summed E-state index contributed by atoms with van der Waals surface area (Å²) in [6, 6.07) is 4.66. The van der Waals surface area contributed by atoms with Gasteiger partial charge >= 0.3 is 0 Å². The average Bonchev–Trinajstić information content (AvgIpc) is 3.46. The lowest BCUT2D eigenvalue weighted by Gasteiger charge is -2.38. The van der Waals surface area contributed by atoms with Gasteiger partial charge in [-0.05, 0) is 23.3 Å². The van der Waals surface area contributed by atoms with E-state index in [1.165, 1.54) is 16.4 Å². The van der Waals surface area contributed by atoms with Gasteiger partial charge in [0.25, 0.3) is 0 Å². The van der Waals surface area contributed by atoms with Gasteiger partial charge in [0.2, 0.25) is 15.9 Å². The maximum absolute atomic E-state index is 15.0. The first-order chi connectivity index (χ1) is 17.3. The first-order valence-electron chi connectivity index (χ1n) is 12.1. The fourth-order valence-electron chi connectivity index (χ4n) is 5.31. The molecule has 1 aromatic rings. The van der Waals surface area contributed by atoms with Crippen LogP contribution in [0.1, 0.15) is 6.42 Å². The van der Waals surface area contributed by atoms with Gasteiger partial charge in [0.15, 0.2) is 11.5 Å². The molecule has 4 heterocycles. The molecule has 1 amide bonds. The Hall–Kier alpha value is -3.04. The van der Waals surface area contributed by atoms with Gasteiger partial charge in [-0.25, -0.2) is 12.8 Å². The van der Waals surface area contributed by atoms with E-state index in [4.69, 9.17) is 9.47 Å². The molecular weight excluding hydrogens is 485 g/mol. The number of alkyl halides is 1. The molecule has 0 spiro atoms. The number of hydrogen-bond donors (Lipinski definition) is 1. The molecule has 188 valence electrons. The van der Waals surface area contributed by atoms with E-state index in [-0.39, 0.29) is 43.4 Å². The van der Waals surface area contributed by atoms with Crippen LogP contribution in [-0.4, -0.2) is 81.7 Å². The van der Waals surface area contributed by atoms with Crippen LogP contribution in [0.2, 0.25) is 0 Å². The van der Waals surface area contributed by atoms with E-state index in [0.29, 0.717) is 37.8 Å². The Bertz CT molecular complexity index is 1310. The summed E-state index contributed by atoms with van der Waals surface area (Å²) in [6.45, 7) is 2.48. The summed E-state index contributed by atoms with van der Waals surface area (Å²) < 4.78 is 54.2.